The first kappa shape index (κ1) is 10.4. The maximum atomic E-state index is 10.6. The maximum absolute atomic E-state index is 10.6. The molecule has 1 saturated heterocycles. The summed E-state index contributed by atoms with van der Waals surface area (Å²) in [5.41, 5.74) is -0.461. The number of nitrogens with one attached hydrogen (secondary N) is 1. The molecule has 1 saturated carbocycles. The quantitative estimate of drug-likeness (QED) is 0.710. The van der Waals surface area contributed by atoms with Gasteiger partial charge in [0.1, 0.15) is 0 Å². The number of hydrogen-bond donors (Lipinski definition) is 2. The first-order valence-corrected chi connectivity index (χ1v) is 6.17. The summed E-state index contributed by atoms with van der Waals surface area (Å²) < 4.78 is 0. The van der Waals surface area contributed by atoms with Crippen LogP contribution in [0.1, 0.15) is 51.9 Å². The Morgan fingerprint density at radius 2 is 1.79 bits per heavy atom. The monoisotopic (exact) mass is 197 g/mol. The van der Waals surface area contributed by atoms with E-state index in [2.05, 4.69) is 5.32 Å². The fraction of sp³-hybridized carbons (Fsp3) is 1.00. The first-order valence-electron chi connectivity index (χ1n) is 6.17. The van der Waals surface area contributed by atoms with E-state index in [9.17, 15) is 5.11 Å². The molecule has 2 aliphatic rings. The molecule has 0 bridgehead atoms. The van der Waals surface area contributed by atoms with Crippen LogP contribution in [0.15, 0.2) is 0 Å². The van der Waals surface area contributed by atoms with Gasteiger partial charge in [0.15, 0.2) is 0 Å². The van der Waals surface area contributed by atoms with E-state index in [0.717, 1.165) is 13.0 Å². The zero-order chi connectivity index (χ0) is 10.0. The molecule has 0 aromatic carbocycles. The molecule has 0 radical (unpaired) electrons. The van der Waals surface area contributed by atoms with E-state index in [4.69, 9.17) is 0 Å². The summed E-state index contributed by atoms with van der Waals surface area (Å²) in [5, 5.41) is 14.0. The molecule has 2 heteroatoms. The molecule has 82 valence electrons. The minimum atomic E-state index is -0.461. The van der Waals surface area contributed by atoms with E-state index in [1.807, 2.05) is 6.92 Å². The highest BCUT2D eigenvalue weighted by molar-refractivity contribution is 4.96. The Balaban J connectivity index is 1.97. The lowest BCUT2D eigenvalue weighted by molar-refractivity contribution is -0.0430. The Labute approximate surface area is 87.1 Å². The molecule has 14 heavy (non-hydrogen) atoms. The molecule has 1 aliphatic carbocycles. The Bertz CT molecular complexity index is 179. The average molecular weight is 197 g/mol. The highest BCUT2D eigenvalue weighted by atomic mass is 16.3. The molecular weight excluding hydrogens is 174 g/mol. The van der Waals surface area contributed by atoms with Crippen LogP contribution in [0, 0.1) is 5.92 Å². The molecule has 0 unspecified atom stereocenters. The van der Waals surface area contributed by atoms with Crippen molar-refractivity contribution in [3.8, 4) is 0 Å². The van der Waals surface area contributed by atoms with Gasteiger partial charge in [0.05, 0.1) is 5.60 Å². The summed E-state index contributed by atoms with van der Waals surface area (Å²) in [6, 6.07) is 0.352. The van der Waals surface area contributed by atoms with E-state index >= 15 is 0 Å². The topological polar surface area (TPSA) is 32.3 Å². The standard InChI is InChI=1S/C12H23NO/c1-12(14,11-8-5-9-13-11)10-6-3-2-4-7-10/h10-11,13-14H,2-9H2,1H3/t11-,12+/m1/s1. The normalized spacial score (nSPS) is 34.3. The fourth-order valence-corrected chi connectivity index (χ4v) is 3.15. The summed E-state index contributed by atoms with van der Waals surface area (Å²) >= 11 is 0. The van der Waals surface area contributed by atoms with E-state index in [-0.39, 0.29) is 0 Å². The Hall–Kier alpha value is -0.0800. The van der Waals surface area contributed by atoms with Crippen molar-refractivity contribution in [3.05, 3.63) is 0 Å². The van der Waals surface area contributed by atoms with Crippen molar-refractivity contribution >= 4 is 0 Å². The number of rotatable bonds is 2. The minimum Gasteiger partial charge on any atom is -0.388 e. The summed E-state index contributed by atoms with van der Waals surface area (Å²) in [6.07, 6.45) is 8.83. The molecule has 0 amide bonds. The van der Waals surface area contributed by atoms with E-state index < -0.39 is 5.60 Å². The van der Waals surface area contributed by atoms with Crippen molar-refractivity contribution in [1.82, 2.24) is 5.32 Å². The Morgan fingerprint density at radius 1 is 1.07 bits per heavy atom. The van der Waals surface area contributed by atoms with Gasteiger partial charge in [-0.15, -0.1) is 0 Å². The molecule has 2 fully saturated rings. The Morgan fingerprint density at radius 3 is 2.36 bits per heavy atom. The second-order valence-electron chi connectivity index (χ2n) is 5.21. The van der Waals surface area contributed by atoms with Crippen LogP contribution < -0.4 is 5.32 Å². The van der Waals surface area contributed by atoms with Crippen LogP contribution >= 0.6 is 0 Å². The van der Waals surface area contributed by atoms with Crippen LogP contribution in [0.3, 0.4) is 0 Å². The number of hydrogen-bond acceptors (Lipinski definition) is 2. The maximum Gasteiger partial charge on any atom is 0.0799 e. The lowest BCUT2D eigenvalue weighted by atomic mass is 9.74. The van der Waals surface area contributed by atoms with Crippen molar-refractivity contribution in [3.63, 3.8) is 0 Å². The van der Waals surface area contributed by atoms with Crippen molar-refractivity contribution < 1.29 is 5.11 Å². The zero-order valence-corrected chi connectivity index (χ0v) is 9.26. The van der Waals surface area contributed by atoms with Crippen molar-refractivity contribution in [2.75, 3.05) is 6.54 Å². The van der Waals surface area contributed by atoms with Crippen molar-refractivity contribution in [2.45, 2.75) is 63.5 Å². The second kappa shape index (κ2) is 4.19. The van der Waals surface area contributed by atoms with Crippen molar-refractivity contribution in [2.24, 2.45) is 5.92 Å². The highest BCUT2D eigenvalue weighted by Crippen LogP contribution is 2.36. The van der Waals surface area contributed by atoms with Crippen LogP contribution in [0.5, 0.6) is 0 Å². The van der Waals surface area contributed by atoms with Crippen LogP contribution in [-0.4, -0.2) is 23.3 Å². The summed E-state index contributed by atoms with van der Waals surface area (Å²) in [5.74, 6) is 0.534. The molecule has 2 rings (SSSR count). The van der Waals surface area contributed by atoms with Crippen LogP contribution in [0.2, 0.25) is 0 Å². The third-order valence-corrected chi connectivity index (χ3v) is 4.20. The van der Waals surface area contributed by atoms with E-state index in [0.29, 0.717) is 12.0 Å². The van der Waals surface area contributed by atoms with Crippen LogP contribution in [-0.2, 0) is 0 Å². The van der Waals surface area contributed by atoms with Gasteiger partial charge in [-0.1, -0.05) is 19.3 Å². The molecular formula is C12H23NO. The lowest BCUT2D eigenvalue weighted by Gasteiger charge is -2.40. The van der Waals surface area contributed by atoms with Gasteiger partial charge in [-0.3, -0.25) is 0 Å². The molecule has 0 aromatic rings. The van der Waals surface area contributed by atoms with Gasteiger partial charge >= 0.3 is 0 Å². The molecule has 2 N–H and O–H groups in total. The van der Waals surface area contributed by atoms with Crippen LogP contribution in [0.25, 0.3) is 0 Å². The molecule has 2 nitrogen and oxygen atoms in total. The summed E-state index contributed by atoms with van der Waals surface area (Å²) in [6.45, 7) is 3.14. The molecule has 1 aliphatic heterocycles. The second-order valence-corrected chi connectivity index (χ2v) is 5.21. The zero-order valence-electron chi connectivity index (χ0n) is 9.26. The Kier molecular flexibility index (Phi) is 3.13. The lowest BCUT2D eigenvalue weighted by Crippen LogP contribution is -2.51. The minimum absolute atomic E-state index is 0.352. The predicted octanol–water partition coefficient (Wildman–Crippen LogP) is 2.07. The van der Waals surface area contributed by atoms with Crippen molar-refractivity contribution in [1.29, 1.82) is 0 Å². The molecule has 0 spiro atoms. The van der Waals surface area contributed by atoms with Gasteiger partial charge in [0.2, 0.25) is 0 Å². The largest absolute Gasteiger partial charge is 0.388 e. The molecule has 1 heterocycles. The summed E-state index contributed by atoms with van der Waals surface area (Å²) in [4.78, 5) is 0. The SMILES string of the molecule is C[C@](O)(C1CCCCC1)[C@H]1CCCN1. The van der Waals surface area contributed by atoms with Gasteiger partial charge in [0.25, 0.3) is 0 Å². The highest BCUT2D eigenvalue weighted by Gasteiger charge is 2.40. The van der Waals surface area contributed by atoms with Gasteiger partial charge in [-0.2, -0.15) is 0 Å². The van der Waals surface area contributed by atoms with E-state index in [1.165, 1.54) is 38.5 Å². The van der Waals surface area contributed by atoms with Gasteiger partial charge in [-0.25, -0.2) is 0 Å². The molecule has 2 atom stereocenters. The van der Waals surface area contributed by atoms with Gasteiger partial charge < -0.3 is 10.4 Å². The van der Waals surface area contributed by atoms with Gasteiger partial charge in [-0.05, 0) is 45.1 Å². The van der Waals surface area contributed by atoms with Gasteiger partial charge in [0, 0.05) is 6.04 Å². The summed E-state index contributed by atoms with van der Waals surface area (Å²) in [7, 11) is 0. The van der Waals surface area contributed by atoms with Crippen LogP contribution in [0.4, 0.5) is 0 Å². The smallest absolute Gasteiger partial charge is 0.0799 e. The average Bonchev–Trinajstić information content (AvgIpc) is 2.72. The first-order chi connectivity index (χ1) is 6.71. The van der Waals surface area contributed by atoms with E-state index in [1.54, 1.807) is 0 Å². The third-order valence-electron chi connectivity index (χ3n) is 4.20. The number of aliphatic hydroxyl groups is 1. The molecule has 0 aromatic heterocycles. The predicted molar refractivity (Wildman–Crippen MR) is 58.2 cm³/mol. The fourth-order valence-electron chi connectivity index (χ4n) is 3.15. The third kappa shape index (κ3) is 1.96.